The van der Waals surface area contributed by atoms with Crippen LogP contribution in [0.15, 0.2) is 18.2 Å². The van der Waals surface area contributed by atoms with Crippen molar-refractivity contribution in [3.8, 4) is 0 Å². The molecule has 0 aliphatic rings. The summed E-state index contributed by atoms with van der Waals surface area (Å²) in [6.45, 7) is 6.19. The van der Waals surface area contributed by atoms with Crippen LogP contribution in [0.3, 0.4) is 0 Å². The molecule has 2 aromatic rings. The Hall–Kier alpha value is -1.77. The minimum absolute atomic E-state index is 0.201. The summed E-state index contributed by atoms with van der Waals surface area (Å²) in [5.74, 6) is -0.651. The summed E-state index contributed by atoms with van der Waals surface area (Å²) in [7, 11) is 1.82. The van der Waals surface area contributed by atoms with Crippen LogP contribution in [0, 0.1) is 0 Å². The highest BCUT2D eigenvalue weighted by Crippen LogP contribution is 2.32. The molecular weight excluding hydrogens is 226 g/mol. The molecule has 0 radical (unpaired) electrons. The van der Waals surface area contributed by atoms with Crippen molar-refractivity contribution in [1.82, 2.24) is 4.57 Å². The number of carboxylic acids is 1. The van der Waals surface area contributed by atoms with Gasteiger partial charge in [-0.15, -0.1) is 0 Å². The van der Waals surface area contributed by atoms with Gasteiger partial charge in [0.15, 0.2) is 0 Å². The van der Waals surface area contributed by atoms with Crippen molar-refractivity contribution in [2.75, 3.05) is 0 Å². The van der Waals surface area contributed by atoms with E-state index in [0.717, 1.165) is 22.9 Å². The Bertz CT molecular complexity index is 608. The molecule has 0 aliphatic carbocycles. The van der Waals surface area contributed by atoms with Gasteiger partial charge in [-0.3, -0.25) is 0 Å². The van der Waals surface area contributed by atoms with E-state index in [1.807, 2.05) is 27.0 Å². The van der Waals surface area contributed by atoms with Gasteiger partial charge in [0, 0.05) is 18.0 Å². The van der Waals surface area contributed by atoms with Gasteiger partial charge in [0.2, 0.25) is 0 Å². The molecule has 0 unspecified atom stereocenters. The second-order valence-corrected chi connectivity index (χ2v) is 4.99. The Morgan fingerprint density at radius 1 is 1.39 bits per heavy atom. The Labute approximate surface area is 107 Å². The molecule has 3 heteroatoms. The fourth-order valence-corrected chi connectivity index (χ4v) is 2.58. The van der Waals surface area contributed by atoms with Gasteiger partial charge in [-0.05, 0) is 35.6 Å². The lowest BCUT2D eigenvalue weighted by molar-refractivity contribution is 0.0685. The molecule has 0 saturated heterocycles. The van der Waals surface area contributed by atoms with E-state index in [2.05, 4.69) is 19.1 Å². The number of benzene rings is 1. The number of aromatic carboxylic acids is 1. The summed E-state index contributed by atoms with van der Waals surface area (Å²) in [4.78, 5) is 11.5. The molecule has 3 nitrogen and oxygen atoms in total. The van der Waals surface area contributed by atoms with Gasteiger partial charge < -0.3 is 9.67 Å². The summed E-state index contributed by atoms with van der Waals surface area (Å²) >= 11 is 0. The Balaban J connectivity index is 2.88. The van der Waals surface area contributed by atoms with E-state index < -0.39 is 5.97 Å². The monoisotopic (exact) mass is 245 g/mol. The van der Waals surface area contributed by atoms with Crippen molar-refractivity contribution in [3.05, 3.63) is 35.0 Å². The third-order valence-electron chi connectivity index (χ3n) is 3.49. The molecule has 0 atom stereocenters. The van der Waals surface area contributed by atoms with E-state index in [4.69, 9.17) is 0 Å². The number of aryl methyl sites for hydroxylation is 2. The van der Waals surface area contributed by atoms with Gasteiger partial charge >= 0.3 is 5.97 Å². The maximum absolute atomic E-state index is 11.5. The smallest absolute Gasteiger partial charge is 0.352 e. The quantitative estimate of drug-likeness (QED) is 0.898. The third kappa shape index (κ3) is 1.80. The van der Waals surface area contributed by atoms with Crippen molar-refractivity contribution in [2.45, 2.75) is 33.1 Å². The second-order valence-electron chi connectivity index (χ2n) is 4.99. The molecule has 2 rings (SSSR count). The van der Waals surface area contributed by atoms with E-state index in [-0.39, 0.29) is 5.92 Å². The first-order valence-electron chi connectivity index (χ1n) is 6.31. The Morgan fingerprint density at radius 2 is 2.06 bits per heavy atom. The number of aromatic nitrogens is 1. The first-order chi connectivity index (χ1) is 8.47. The van der Waals surface area contributed by atoms with Crippen LogP contribution in [0.5, 0.6) is 0 Å². The summed E-state index contributed by atoms with van der Waals surface area (Å²) in [6, 6.07) is 6.21. The van der Waals surface area contributed by atoms with E-state index in [9.17, 15) is 9.90 Å². The second kappa shape index (κ2) is 4.48. The molecule has 1 N–H and O–H groups in total. The molecule has 1 heterocycles. The van der Waals surface area contributed by atoms with Crippen molar-refractivity contribution in [2.24, 2.45) is 7.05 Å². The predicted octanol–water partition coefficient (Wildman–Crippen LogP) is 3.56. The molecule has 0 amide bonds. The molecule has 0 saturated carbocycles. The molecular formula is C15H19NO2. The SMILES string of the molecule is CCc1ccc2c(c1)c(C(C)C)c(C(=O)O)n2C. The van der Waals surface area contributed by atoms with Crippen molar-refractivity contribution < 1.29 is 9.90 Å². The van der Waals surface area contributed by atoms with E-state index in [1.54, 1.807) is 4.57 Å². The van der Waals surface area contributed by atoms with Crippen LogP contribution < -0.4 is 0 Å². The van der Waals surface area contributed by atoms with Crippen LogP contribution >= 0.6 is 0 Å². The van der Waals surface area contributed by atoms with Crippen molar-refractivity contribution in [1.29, 1.82) is 0 Å². The number of nitrogens with zero attached hydrogens (tertiary/aromatic N) is 1. The number of carboxylic acid groups (broad SMARTS) is 1. The third-order valence-corrected chi connectivity index (χ3v) is 3.49. The zero-order chi connectivity index (χ0) is 13.4. The molecule has 0 fully saturated rings. The highest BCUT2D eigenvalue weighted by molar-refractivity contribution is 5.98. The first kappa shape index (κ1) is 12.7. The zero-order valence-electron chi connectivity index (χ0n) is 11.3. The largest absolute Gasteiger partial charge is 0.477 e. The molecule has 18 heavy (non-hydrogen) atoms. The standard InChI is InChI=1S/C15H19NO2/c1-5-10-6-7-12-11(8-10)13(9(2)3)14(15(17)18)16(12)4/h6-9H,5H2,1-4H3,(H,17,18). The number of hydrogen-bond donors (Lipinski definition) is 1. The zero-order valence-corrected chi connectivity index (χ0v) is 11.3. The average Bonchev–Trinajstić information content (AvgIpc) is 2.62. The van der Waals surface area contributed by atoms with Gasteiger partial charge in [0.1, 0.15) is 5.69 Å². The fraction of sp³-hybridized carbons (Fsp3) is 0.400. The Kier molecular flexibility index (Phi) is 3.16. The van der Waals surface area contributed by atoms with E-state index in [1.165, 1.54) is 5.56 Å². The summed E-state index contributed by atoms with van der Waals surface area (Å²) in [5.41, 5.74) is 3.59. The van der Waals surface area contributed by atoms with Crippen LogP contribution in [0.2, 0.25) is 0 Å². The van der Waals surface area contributed by atoms with Crippen LogP contribution in [0.25, 0.3) is 10.9 Å². The number of hydrogen-bond acceptors (Lipinski definition) is 1. The van der Waals surface area contributed by atoms with Crippen LogP contribution in [-0.2, 0) is 13.5 Å². The topological polar surface area (TPSA) is 42.2 Å². The van der Waals surface area contributed by atoms with E-state index >= 15 is 0 Å². The highest BCUT2D eigenvalue weighted by Gasteiger charge is 2.22. The molecule has 0 aliphatic heterocycles. The minimum Gasteiger partial charge on any atom is -0.477 e. The minimum atomic E-state index is -0.851. The molecule has 1 aromatic carbocycles. The molecule has 96 valence electrons. The predicted molar refractivity (Wildman–Crippen MR) is 73.3 cm³/mol. The lowest BCUT2D eigenvalue weighted by atomic mass is 9.98. The van der Waals surface area contributed by atoms with Crippen LogP contribution in [0.1, 0.15) is 48.3 Å². The lowest BCUT2D eigenvalue weighted by Crippen LogP contribution is -2.08. The maximum Gasteiger partial charge on any atom is 0.352 e. The maximum atomic E-state index is 11.5. The number of rotatable bonds is 3. The Morgan fingerprint density at radius 3 is 2.56 bits per heavy atom. The van der Waals surface area contributed by atoms with Gasteiger partial charge in [-0.25, -0.2) is 4.79 Å². The van der Waals surface area contributed by atoms with Gasteiger partial charge in [0.05, 0.1) is 0 Å². The summed E-state index contributed by atoms with van der Waals surface area (Å²) in [5, 5.41) is 10.5. The van der Waals surface area contributed by atoms with Gasteiger partial charge in [0.25, 0.3) is 0 Å². The average molecular weight is 245 g/mol. The van der Waals surface area contributed by atoms with Crippen LogP contribution in [-0.4, -0.2) is 15.6 Å². The number of carbonyl (C=O) groups is 1. The summed E-state index contributed by atoms with van der Waals surface area (Å²) in [6.07, 6.45) is 0.963. The van der Waals surface area contributed by atoms with Gasteiger partial charge in [-0.1, -0.05) is 26.8 Å². The first-order valence-corrected chi connectivity index (χ1v) is 6.31. The number of fused-ring (bicyclic) bond motifs is 1. The highest BCUT2D eigenvalue weighted by atomic mass is 16.4. The fourth-order valence-electron chi connectivity index (χ4n) is 2.58. The lowest BCUT2D eigenvalue weighted by Gasteiger charge is -2.06. The summed E-state index contributed by atoms with van der Waals surface area (Å²) < 4.78 is 1.78. The van der Waals surface area contributed by atoms with Crippen molar-refractivity contribution >= 4 is 16.9 Å². The van der Waals surface area contributed by atoms with Crippen LogP contribution in [0.4, 0.5) is 0 Å². The molecule has 0 bridgehead atoms. The molecule has 0 spiro atoms. The van der Waals surface area contributed by atoms with E-state index in [0.29, 0.717) is 5.69 Å². The van der Waals surface area contributed by atoms with Gasteiger partial charge in [-0.2, -0.15) is 0 Å². The van der Waals surface area contributed by atoms with Crippen molar-refractivity contribution in [3.63, 3.8) is 0 Å². The normalized spacial score (nSPS) is 11.4. The molecule has 1 aromatic heterocycles.